The average molecular weight is 396 g/mol. The first kappa shape index (κ1) is 19.4. The van der Waals surface area contributed by atoms with E-state index in [4.69, 9.17) is 0 Å². The Labute approximate surface area is 170 Å². The van der Waals surface area contributed by atoms with Crippen LogP contribution in [0.2, 0.25) is 0 Å². The summed E-state index contributed by atoms with van der Waals surface area (Å²) >= 11 is 0. The largest absolute Gasteiger partial charge is 0.336 e. The molecular formula is C21H28N6O2. The van der Waals surface area contributed by atoms with Crippen molar-refractivity contribution in [3.8, 4) is 0 Å². The Morgan fingerprint density at radius 1 is 1.03 bits per heavy atom. The molecule has 4 rings (SSSR count). The van der Waals surface area contributed by atoms with Gasteiger partial charge in [0.2, 0.25) is 0 Å². The number of likely N-dealkylation sites (tertiary alicyclic amines) is 2. The van der Waals surface area contributed by atoms with Crippen LogP contribution >= 0.6 is 0 Å². The van der Waals surface area contributed by atoms with E-state index in [1.54, 1.807) is 35.5 Å². The Bertz CT molecular complexity index is 878. The molecule has 8 heteroatoms. The third kappa shape index (κ3) is 3.97. The number of nitrogens with one attached hydrogen (secondary N) is 1. The second kappa shape index (κ2) is 8.23. The molecule has 2 aliphatic rings. The van der Waals surface area contributed by atoms with Gasteiger partial charge in [-0.1, -0.05) is 0 Å². The van der Waals surface area contributed by atoms with Crippen molar-refractivity contribution < 1.29 is 9.59 Å². The second-order valence-corrected chi connectivity index (χ2v) is 8.00. The molecule has 2 atom stereocenters. The first-order valence-corrected chi connectivity index (χ1v) is 10.4. The molecule has 3 amide bonds. The smallest absolute Gasteiger partial charge is 0.322 e. The molecule has 2 aliphatic heterocycles. The summed E-state index contributed by atoms with van der Waals surface area (Å²) in [5, 5.41) is 11.1. The summed E-state index contributed by atoms with van der Waals surface area (Å²) in [6, 6.07) is 7.25. The van der Waals surface area contributed by atoms with Gasteiger partial charge < -0.3 is 19.7 Å². The number of hydrogen-bond donors (Lipinski definition) is 1. The summed E-state index contributed by atoms with van der Waals surface area (Å²) in [6.07, 6.45) is 6.77. The van der Waals surface area contributed by atoms with Crippen molar-refractivity contribution in [2.45, 2.75) is 51.1 Å². The molecule has 0 radical (unpaired) electrons. The Hall–Kier alpha value is -2.90. The molecule has 0 saturated carbocycles. The van der Waals surface area contributed by atoms with Gasteiger partial charge in [0, 0.05) is 37.4 Å². The topological polar surface area (TPSA) is 83.4 Å². The lowest BCUT2D eigenvalue weighted by Crippen LogP contribution is -2.42. The maximum absolute atomic E-state index is 12.8. The summed E-state index contributed by atoms with van der Waals surface area (Å²) in [6.45, 7) is 3.61. The molecule has 2 saturated heterocycles. The minimum absolute atomic E-state index is 0.0658. The molecule has 0 unspecified atom stereocenters. The van der Waals surface area contributed by atoms with Gasteiger partial charge in [-0.2, -0.15) is 0 Å². The maximum atomic E-state index is 12.8. The first-order chi connectivity index (χ1) is 14.0. The summed E-state index contributed by atoms with van der Waals surface area (Å²) < 4.78 is 1.86. The summed E-state index contributed by atoms with van der Waals surface area (Å²) in [5.41, 5.74) is 1.34. The van der Waals surface area contributed by atoms with Crippen LogP contribution in [0.5, 0.6) is 0 Å². The molecule has 29 heavy (non-hydrogen) atoms. The van der Waals surface area contributed by atoms with Crippen LogP contribution in [-0.4, -0.2) is 55.6 Å². The highest BCUT2D eigenvalue weighted by Gasteiger charge is 2.33. The van der Waals surface area contributed by atoms with E-state index < -0.39 is 0 Å². The molecule has 0 bridgehead atoms. The highest BCUT2D eigenvalue weighted by atomic mass is 16.2. The highest BCUT2D eigenvalue weighted by Crippen LogP contribution is 2.31. The van der Waals surface area contributed by atoms with Crippen LogP contribution in [0.1, 0.15) is 61.3 Å². The molecule has 3 heterocycles. The summed E-state index contributed by atoms with van der Waals surface area (Å²) in [5.74, 6) is 0.867. The zero-order valence-corrected chi connectivity index (χ0v) is 17.0. The van der Waals surface area contributed by atoms with E-state index in [1.165, 1.54) is 6.42 Å². The van der Waals surface area contributed by atoms with Crippen LogP contribution in [0.4, 0.5) is 10.5 Å². The summed E-state index contributed by atoms with van der Waals surface area (Å²) in [4.78, 5) is 29.4. The van der Waals surface area contributed by atoms with E-state index in [0.29, 0.717) is 17.8 Å². The van der Waals surface area contributed by atoms with Gasteiger partial charge in [-0.05, 0) is 63.3 Å². The molecular weight excluding hydrogens is 368 g/mol. The molecule has 1 N–H and O–H groups in total. The molecule has 154 valence electrons. The van der Waals surface area contributed by atoms with Crippen LogP contribution in [-0.2, 0) is 7.05 Å². The van der Waals surface area contributed by atoms with Gasteiger partial charge in [0.1, 0.15) is 6.33 Å². The van der Waals surface area contributed by atoms with Gasteiger partial charge in [-0.25, -0.2) is 4.79 Å². The number of anilines is 1. The van der Waals surface area contributed by atoms with Gasteiger partial charge in [-0.15, -0.1) is 10.2 Å². The van der Waals surface area contributed by atoms with E-state index in [9.17, 15) is 9.59 Å². The van der Waals surface area contributed by atoms with E-state index in [0.717, 1.165) is 38.1 Å². The minimum Gasteiger partial charge on any atom is -0.336 e. The molecule has 0 spiro atoms. The lowest BCUT2D eigenvalue weighted by molar-refractivity contribution is 0.0635. The van der Waals surface area contributed by atoms with Gasteiger partial charge in [0.15, 0.2) is 5.82 Å². The fourth-order valence-corrected chi connectivity index (χ4v) is 4.33. The van der Waals surface area contributed by atoms with Crippen LogP contribution in [0, 0.1) is 0 Å². The fraction of sp³-hybridized carbons (Fsp3) is 0.524. The van der Waals surface area contributed by atoms with E-state index >= 15 is 0 Å². The lowest BCUT2D eigenvalue weighted by atomic mass is 10.0. The monoisotopic (exact) mass is 396 g/mol. The number of nitrogens with zero attached hydrogens (tertiary/aromatic N) is 5. The van der Waals surface area contributed by atoms with Crippen molar-refractivity contribution >= 4 is 17.6 Å². The van der Waals surface area contributed by atoms with Crippen LogP contribution < -0.4 is 5.32 Å². The maximum Gasteiger partial charge on any atom is 0.322 e. The highest BCUT2D eigenvalue weighted by molar-refractivity contribution is 5.96. The van der Waals surface area contributed by atoms with Crippen LogP contribution in [0.15, 0.2) is 30.6 Å². The SMILES string of the molecule is C[C@H]1CCCCN1C(=O)c1ccc(NC(=O)N2CCC[C@H]2c2nncn2C)cc1. The van der Waals surface area contributed by atoms with Crippen molar-refractivity contribution in [2.75, 3.05) is 18.4 Å². The fourth-order valence-electron chi connectivity index (χ4n) is 4.33. The normalized spacial score (nSPS) is 22.0. The quantitative estimate of drug-likeness (QED) is 0.864. The van der Waals surface area contributed by atoms with Crippen LogP contribution in [0.3, 0.4) is 0 Å². The Balaban J connectivity index is 1.41. The first-order valence-electron chi connectivity index (χ1n) is 10.4. The number of aromatic nitrogens is 3. The number of hydrogen-bond acceptors (Lipinski definition) is 4. The van der Waals surface area contributed by atoms with Crippen molar-refractivity contribution in [2.24, 2.45) is 7.05 Å². The number of amides is 3. The van der Waals surface area contributed by atoms with Crippen molar-refractivity contribution in [1.82, 2.24) is 24.6 Å². The lowest BCUT2D eigenvalue weighted by Gasteiger charge is -2.33. The Morgan fingerprint density at radius 2 is 1.79 bits per heavy atom. The minimum atomic E-state index is -0.153. The number of benzene rings is 1. The van der Waals surface area contributed by atoms with E-state index in [-0.39, 0.29) is 24.0 Å². The summed E-state index contributed by atoms with van der Waals surface area (Å²) in [7, 11) is 1.89. The van der Waals surface area contributed by atoms with Crippen LogP contribution in [0.25, 0.3) is 0 Å². The second-order valence-electron chi connectivity index (χ2n) is 8.00. The third-order valence-electron chi connectivity index (χ3n) is 6.01. The van der Waals surface area contributed by atoms with E-state index in [1.807, 2.05) is 16.5 Å². The predicted molar refractivity (Wildman–Crippen MR) is 109 cm³/mol. The molecule has 2 fully saturated rings. The van der Waals surface area contributed by atoms with Crippen molar-refractivity contribution in [3.63, 3.8) is 0 Å². The number of aryl methyl sites for hydroxylation is 1. The third-order valence-corrected chi connectivity index (χ3v) is 6.01. The molecule has 1 aromatic carbocycles. The van der Waals surface area contributed by atoms with Crippen molar-refractivity contribution in [3.05, 3.63) is 42.0 Å². The van der Waals surface area contributed by atoms with Gasteiger partial charge in [-0.3, -0.25) is 4.79 Å². The molecule has 0 aliphatic carbocycles. The van der Waals surface area contributed by atoms with Gasteiger partial charge in [0.05, 0.1) is 6.04 Å². The van der Waals surface area contributed by atoms with Crippen molar-refractivity contribution in [1.29, 1.82) is 0 Å². The number of rotatable bonds is 3. The van der Waals surface area contributed by atoms with Gasteiger partial charge in [0.25, 0.3) is 5.91 Å². The number of carbonyl (C=O) groups is 2. The molecule has 2 aromatic rings. The van der Waals surface area contributed by atoms with E-state index in [2.05, 4.69) is 22.4 Å². The average Bonchev–Trinajstić information content (AvgIpc) is 3.37. The predicted octanol–water partition coefficient (Wildman–Crippen LogP) is 3.20. The number of urea groups is 1. The molecule has 1 aromatic heterocycles. The molecule has 8 nitrogen and oxygen atoms in total. The number of piperidine rings is 1. The standard InChI is InChI=1S/C21H28N6O2/c1-15-6-3-4-12-26(15)20(28)16-8-10-17(11-9-16)23-21(29)27-13-5-7-18(27)19-24-22-14-25(19)2/h8-11,14-15,18H,3-7,12-13H2,1-2H3,(H,23,29)/t15-,18-/m0/s1. The number of carbonyl (C=O) groups excluding carboxylic acids is 2. The Kier molecular flexibility index (Phi) is 5.51. The zero-order valence-electron chi connectivity index (χ0n) is 17.0. The Morgan fingerprint density at radius 3 is 2.48 bits per heavy atom. The zero-order chi connectivity index (χ0) is 20.4. The van der Waals surface area contributed by atoms with Gasteiger partial charge >= 0.3 is 6.03 Å².